The second-order valence-corrected chi connectivity index (χ2v) is 5.16. The maximum absolute atomic E-state index is 6.37. The third-order valence-electron chi connectivity index (χ3n) is 3.77. The van der Waals surface area contributed by atoms with E-state index < -0.39 is 0 Å². The summed E-state index contributed by atoms with van der Waals surface area (Å²) in [6.45, 7) is 2.47. The van der Waals surface area contributed by atoms with E-state index >= 15 is 0 Å². The van der Waals surface area contributed by atoms with E-state index in [0.29, 0.717) is 6.61 Å². The number of hydrogen-bond acceptors (Lipinski definition) is 4. The molecule has 1 heterocycles. The predicted octanol–water partition coefficient (Wildman–Crippen LogP) is 2.84. The summed E-state index contributed by atoms with van der Waals surface area (Å²) < 4.78 is 16.9. The molecule has 0 aromatic heterocycles. The van der Waals surface area contributed by atoms with Crippen molar-refractivity contribution >= 4 is 0 Å². The number of rotatable bonds is 3. The monoisotopic (exact) mass is 285 g/mol. The average Bonchev–Trinajstić information content (AvgIpc) is 2.53. The molecule has 4 heteroatoms. The summed E-state index contributed by atoms with van der Waals surface area (Å²) >= 11 is 0. The van der Waals surface area contributed by atoms with E-state index in [0.717, 1.165) is 28.4 Å². The Morgan fingerprint density at radius 2 is 1.95 bits per heavy atom. The van der Waals surface area contributed by atoms with Crippen LogP contribution >= 0.6 is 0 Å². The van der Waals surface area contributed by atoms with Crippen molar-refractivity contribution in [2.24, 2.45) is 5.73 Å². The summed E-state index contributed by atoms with van der Waals surface area (Å²) in [6.07, 6.45) is -0.202. The average molecular weight is 285 g/mol. The first kappa shape index (κ1) is 13.8. The molecule has 0 radical (unpaired) electrons. The topological polar surface area (TPSA) is 53.7 Å². The minimum absolute atomic E-state index is 0.202. The van der Waals surface area contributed by atoms with E-state index in [1.807, 2.05) is 49.4 Å². The van der Waals surface area contributed by atoms with Crippen molar-refractivity contribution in [2.75, 3.05) is 13.7 Å². The number of hydrogen-bond donors (Lipinski definition) is 1. The van der Waals surface area contributed by atoms with Crippen molar-refractivity contribution in [3.8, 4) is 17.2 Å². The summed E-state index contributed by atoms with van der Waals surface area (Å²) in [5.41, 5.74) is 8.51. The van der Waals surface area contributed by atoms with Gasteiger partial charge in [-0.1, -0.05) is 18.2 Å². The summed E-state index contributed by atoms with van der Waals surface area (Å²) in [4.78, 5) is 0. The molecule has 0 amide bonds. The van der Waals surface area contributed by atoms with Crippen LogP contribution in [0.4, 0.5) is 0 Å². The molecule has 1 aliphatic heterocycles. The van der Waals surface area contributed by atoms with Gasteiger partial charge in [0, 0.05) is 0 Å². The van der Waals surface area contributed by atoms with Crippen LogP contribution in [0, 0.1) is 6.92 Å². The highest BCUT2D eigenvalue weighted by atomic mass is 16.6. The lowest BCUT2D eigenvalue weighted by molar-refractivity contribution is 0.0719. The van der Waals surface area contributed by atoms with Crippen LogP contribution in [0.15, 0.2) is 42.5 Å². The normalized spacial score (nSPS) is 18.1. The molecule has 21 heavy (non-hydrogen) atoms. The molecule has 0 aliphatic carbocycles. The number of nitrogens with two attached hydrogens (primary N) is 1. The van der Waals surface area contributed by atoms with E-state index in [-0.39, 0.29) is 12.1 Å². The Labute approximate surface area is 124 Å². The van der Waals surface area contributed by atoms with Crippen LogP contribution in [0.5, 0.6) is 17.2 Å². The lowest BCUT2D eigenvalue weighted by Crippen LogP contribution is -2.39. The first-order valence-corrected chi connectivity index (χ1v) is 6.97. The van der Waals surface area contributed by atoms with Crippen LogP contribution in [0.25, 0.3) is 0 Å². The summed E-state index contributed by atoms with van der Waals surface area (Å²) in [7, 11) is 1.66. The van der Waals surface area contributed by atoms with Crippen molar-refractivity contribution in [3.63, 3.8) is 0 Å². The number of para-hydroxylation sites is 2. The molecule has 1 aliphatic rings. The number of methoxy groups -OCH3 is 1. The zero-order valence-corrected chi connectivity index (χ0v) is 12.2. The second-order valence-electron chi connectivity index (χ2n) is 5.16. The number of benzene rings is 2. The molecule has 0 bridgehead atoms. The predicted molar refractivity (Wildman–Crippen MR) is 81.0 cm³/mol. The van der Waals surface area contributed by atoms with E-state index in [9.17, 15) is 0 Å². The van der Waals surface area contributed by atoms with Gasteiger partial charge in [-0.3, -0.25) is 0 Å². The molecule has 0 spiro atoms. The Hall–Kier alpha value is -2.20. The molecule has 2 atom stereocenters. The minimum atomic E-state index is -0.246. The van der Waals surface area contributed by atoms with Gasteiger partial charge in [0.15, 0.2) is 17.6 Å². The summed E-state index contributed by atoms with van der Waals surface area (Å²) in [5, 5.41) is 0. The molecule has 4 nitrogen and oxygen atoms in total. The fourth-order valence-electron chi connectivity index (χ4n) is 2.56. The second kappa shape index (κ2) is 5.66. The van der Waals surface area contributed by atoms with Crippen LogP contribution in [-0.2, 0) is 0 Å². The lowest BCUT2D eigenvalue weighted by Gasteiger charge is -2.31. The van der Waals surface area contributed by atoms with E-state index in [1.165, 1.54) is 0 Å². The highest BCUT2D eigenvalue weighted by molar-refractivity contribution is 5.42. The van der Waals surface area contributed by atoms with Crippen molar-refractivity contribution < 1.29 is 14.2 Å². The molecule has 0 fully saturated rings. The zero-order valence-electron chi connectivity index (χ0n) is 12.2. The van der Waals surface area contributed by atoms with Crippen LogP contribution in [0.3, 0.4) is 0 Å². The van der Waals surface area contributed by atoms with E-state index in [4.69, 9.17) is 19.9 Å². The van der Waals surface area contributed by atoms with Gasteiger partial charge in [-0.2, -0.15) is 0 Å². The van der Waals surface area contributed by atoms with Gasteiger partial charge in [0.05, 0.1) is 13.2 Å². The van der Waals surface area contributed by atoms with Gasteiger partial charge in [0.1, 0.15) is 12.4 Å². The molecular formula is C17H19NO3. The molecule has 0 saturated heterocycles. The smallest absolute Gasteiger partial charge is 0.161 e. The lowest BCUT2D eigenvalue weighted by atomic mass is 9.97. The van der Waals surface area contributed by atoms with Crippen LogP contribution in [-0.4, -0.2) is 19.8 Å². The number of fused-ring (bicyclic) bond motifs is 1. The Balaban J connectivity index is 1.82. The number of ether oxygens (including phenoxy) is 3. The molecular weight excluding hydrogens is 266 g/mol. The highest BCUT2D eigenvalue weighted by Gasteiger charge is 2.28. The quantitative estimate of drug-likeness (QED) is 0.942. The number of aryl methyl sites for hydroxylation is 1. The summed E-state index contributed by atoms with van der Waals surface area (Å²) in [6, 6.07) is 13.3. The van der Waals surface area contributed by atoms with Gasteiger partial charge in [-0.15, -0.1) is 0 Å². The molecule has 2 N–H and O–H groups in total. The first-order valence-electron chi connectivity index (χ1n) is 6.97. The van der Waals surface area contributed by atoms with E-state index in [1.54, 1.807) is 7.11 Å². The van der Waals surface area contributed by atoms with Gasteiger partial charge in [0.2, 0.25) is 0 Å². The largest absolute Gasteiger partial charge is 0.497 e. The van der Waals surface area contributed by atoms with Gasteiger partial charge in [-0.25, -0.2) is 0 Å². The van der Waals surface area contributed by atoms with Crippen molar-refractivity contribution in [1.82, 2.24) is 0 Å². The standard InChI is InChI=1S/C17H19NO3/c1-11-9-12(19-2)7-8-13(11)17(18)16-10-20-14-5-3-4-6-15(14)21-16/h3-9,16-17H,10,18H2,1-2H3. The Morgan fingerprint density at radius 1 is 1.19 bits per heavy atom. The van der Waals surface area contributed by atoms with Crippen LogP contribution in [0.1, 0.15) is 17.2 Å². The van der Waals surface area contributed by atoms with Crippen molar-refractivity contribution in [1.29, 1.82) is 0 Å². The van der Waals surface area contributed by atoms with Crippen LogP contribution in [0.2, 0.25) is 0 Å². The first-order chi connectivity index (χ1) is 10.2. The zero-order chi connectivity index (χ0) is 14.8. The fourth-order valence-corrected chi connectivity index (χ4v) is 2.56. The van der Waals surface area contributed by atoms with Crippen molar-refractivity contribution in [3.05, 3.63) is 53.6 Å². The molecule has 110 valence electrons. The minimum Gasteiger partial charge on any atom is -0.497 e. The van der Waals surface area contributed by atoms with Crippen LogP contribution < -0.4 is 19.9 Å². The molecule has 2 aromatic carbocycles. The van der Waals surface area contributed by atoms with Gasteiger partial charge < -0.3 is 19.9 Å². The SMILES string of the molecule is COc1ccc(C(N)C2COc3ccccc3O2)c(C)c1. The molecule has 2 aromatic rings. The fraction of sp³-hybridized carbons (Fsp3) is 0.294. The van der Waals surface area contributed by atoms with Crippen molar-refractivity contribution in [2.45, 2.75) is 19.1 Å². The third-order valence-corrected chi connectivity index (χ3v) is 3.77. The molecule has 3 rings (SSSR count). The highest BCUT2D eigenvalue weighted by Crippen LogP contribution is 2.34. The third kappa shape index (κ3) is 2.67. The molecule has 2 unspecified atom stereocenters. The summed E-state index contributed by atoms with van der Waals surface area (Å²) in [5.74, 6) is 2.34. The maximum atomic E-state index is 6.37. The van der Waals surface area contributed by atoms with Gasteiger partial charge >= 0.3 is 0 Å². The Kier molecular flexibility index (Phi) is 3.71. The maximum Gasteiger partial charge on any atom is 0.161 e. The Morgan fingerprint density at radius 3 is 2.67 bits per heavy atom. The Bertz CT molecular complexity index is 642. The van der Waals surface area contributed by atoms with Gasteiger partial charge in [-0.05, 0) is 42.3 Å². The van der Waals surface area contributed by atoms with Gasteiger partial charge in [0.25, 0.3) is 0 Å². The molecule has 0 saturated carbocycles. The van der Waals surface area contributed by atoms with E-state index in [2.05, 4.69) is 0 Å².